The molecule has 1 aliphatic rings. The fourth-order valence-electron chi connectivity index (χ4n) is 3.23. The lowest BCUT2D eigenvalue weighted by atomic mass is 9.84. The SMILES string of the molecule is C=CCOc1ccc(C(=O)NC(CN)C2CCCCC2)cc1OC.Cl. The molecule has 1 saturated carbocycles. The maximum Gasteiger partial charge on any atom is 0.251 e. The molecule has 0 spiro atoms. The van der Waals surface area contributed by atoms with E-state index in [-0.39, 0.29) is 24.4 Å². The molecule has 0 heterocycles. The van der Waals surface area contributed by atoms with E-state index >= 15 is 0 Å². The number of halogens is 1. The minimum atomic E-state index is -0.121. The smallest absolute Gasteiger partial charge is 0.251 e. The lowest BCUT2D eigenvalue weighted by molar-refractivity contribution is 0.0915. The van der Waals surface area contributed by atoms with Crippen molar-refractivity contribution in [1.29, 1.82) is 0 Å². The Labute approximate surface area is 156 Å². The molecule has 1 aliphatic carbocycles. The van der Waals surface area contributed by atoms with Crippen molar-refractivity contribution in [2.24, 2.45) is 11.7 Å². The number of carbonyl (C=O) groups is 1. The quantitative estimate of drug-likeness (QED) is 0.690. The lowest BCUT2D eigenvalue weighted by Crippen LogP contribution is -2.45. The van der Waals surface area contributed by atoms with Gasteiger partial charge in [-0.05, 0) is 37.0 Å². The Morgan fingerprint density at radius 1 is 1.36 bits per heavy atom. The average molecular weight is 369 g/mol. The van der Waals surface area contributed by atoms with Gasteiger partial charge in [0.25, 0.3) is 5.91 Å². The number of hydrogen-bond acceptors (Lipinski definition) is 4. The molecule has 0 aliphatic heterocycles. The molecule has 140 valence electrons. The highest BCUT2D eigenvalue weighted by Gasteiger charge is 2.24. The van der Waals surface area contributed by atoms with Crippen molar-refractivity contribution in [3.05, 3.63) is 36.4 Å². The van der Waals surface area contributed by atoms with Crippen LogP contribution in [-0.2, 0) is 0 Å². The standard InChI is InChI=1S/C19H28N2O3.ClH/c1-3-11-24-17-10-9-15(12-18(17)23-2)19(22)21-16(13-20)14-7-5-4-6-8-14;/h3,9-10,12,14,16H,1,4-8,11,13,20H2,2H3,(H,21,22);1H. The molecular weight excluding hydrogens is 340 g/mol. The summed E-state index contributed by atoms with van der Waals surface area (Å²) in [5.41, 5.74) is 6.44. The summed E-state index contributed by atoms with van der Waals surface area (Å²) >= 11 is 0. The molecule has 0 radical (unpaired) electrons. The van der Waals surface area contributed by atoms with Crippen molar-refractivity contribution in [3.8, 4) is 11.5 Å². The molecule has 0 saturated heterocycles. The Morgan fingerprint density at radius 3 is 2.68 bits per heavy atom. The third kappa shape index (κ3) is 5.94. The van der Waals surface area contributed by atoms with Gasteiger partial charge in [0.05, 0.1) is 7.11 Å². The molecular formula is C19H29ClN2O3. The summed E-state index contributed by atoms with van der Waals surface area (Å²) in [6, 6.07) is 5.21. The van der Waals surface area contributed by atoms with Gasteiger partial charge >= 0.3 is 0 Å². The molecule has 6 heteroatoms. The van der Waals surface area contributed by atoms with Crippen LogP contribution in [0.3, 0.4) is 0 Å². The van der Waals surface area contributed by atoms with Crippen LogP contribution in [-0.4, -0.2) is 32.2 Å². The third-order valence-corrected chi connectivity index (χ3v) is 4.57. The van der Waals surface area contributed by atoms with E-state index in [4.69, 9.17) is 15.2 Å². The zero-order chi connectivity index (χ0) is 17.4. The molecule has 25 heavy (non-hydrogen) atoms. The summed E-state index contributed by atoms with van der Waals surface area (Å²) in [7, 11) is 1.56. The van der Waals surface area contributed by atoms with Gasteiger partial charge in [-0.1, -0.05) is 31.9 Å². The van der Waals surface area contributed by atoms with Gasteiger partial charge in [-0.3, -0.25) is 4.79 Å². The second-order valence-electron chi connectivity index (χ2n) is 6.18. The average Bonchev–Trinajstić information content (AvgIpc) is 2.64. The number of hydrogen-bond donors (Lipinski definition) is 2. The van der Waals surface area contributed by atoms with E-state index in [1.54, 1.807) is 31.4 Å². The van der Waals surface area contributed by atoms with Crippen LogP contribution in [0.1, 0.15) is 42.5 Å². The van der Waals surface area contributed by atoms with E-state index < -0.39 is 0 Å². The first kappa shape index (κ1) is 21.3. The van der Waals surface area contributed by atoms with Gasteiger partial charge in [-0.15, -0.1) is 12.4 Å². The highest BCUT2D eigenvalue weighted by molar-refractivity contribution is 5.95. The summed E-state index contributed by atoms with van der Waals surface area (Å²) < 4.78 is 10.8. The van der Waals surface area contributed by atoms with Gasteiger partial charge in [-0.2, -0.15) is 0 Å². The summed E-state index contributed by atoms with van der Waals surface area (Å²) in [6.07, 6.45) is 7.67. The summed E-state index contributed by atoms with van der Waals surface area (Å²) in [5.74, 6) is 1.48. The first-order valence-electron chi connectivity index (χ1n) is 8.62. The number of nitrogens with one attached hydrogen (secondary N) is 1. The highest BCUT2D eigenvalue weighted by Crippen LogP contribution is 2.29. The fourth-order valence-corrected chi connectivity index (χ4v) is 3.23. The van der Waals surface area contributed by atoms with E-state index in [0.717, 1.165) is 12.8 Å². The minimum Gasteiger partial charge on any atom is -0.493 e. The van der Waals surface area contributed by atoms with Gasteiger partial charge in [0.15, 0.2) is 11.5 Å². The topological polar surface area (TPSA) is 73.6 Å². The number of benzene rings is 1. The van der Waals surface area contributed by atoms with Crippen LogP contribution >= 0.6 is 12.4 Å². The third-order valence-electron chi connectivity index (χ3n) is 4.57. The number of nitrogens with two attached hydrogens (primary N) is 1. The monoisotopic (exact) mass is 368 g/mol. The largest absolute Gasteiger partial charge is 0.493 e. The van der Waals surface area contributed by atoms with Crippen molar-refractivity contribution in [2.75, 3.05) is 20.3 Å². The number of ether oxygens (including phenoxy) is 2. The van der Waals surface area contributed by atoms with E-state index in [0.29, 0.717) is 36.1 Å². The first-order valence-corrected chi connectivity index (χ1v) is 8.62. The maximum atomic E-state index is 12.6. The van der Waals surface area contributed by atoms with Crippen molar-refractivity contribution in [3.63, 3.8) is 0 Å². The van der Waals surface area contributed by atoms with Gasteiger partial charge in [0, 0.05) is 18.2 Å². The van der Waals surface area contributed by atoms with Gasteiger partial charge in [0.1, 0.15) is 6.61 Å². The predicted molar refractivity (Wildman–Crippen MR) is 103 cm³/mol. The van der Waals surface area contributed by atoms with Crippen LogP contribution in [0.2, 0.25) is 0 Å². The Bertz CT molecular complexity index is 560. The molecule has 1 aromatic carbocycles. The van der Waals surface area contributed by atoms with Crippen molar-refractivity contribution >= 4 is 18.3 Å². The van der Waals surface area contributed by atoms with E-state index in [1.165, 1.54) is 19.3 Å². The second kappa shape index (κ2) is 11.0. The van der Waals surface area contributed by atoms with Crippen LogP contribution in [0.25, 0.3) is 0 Å². The molecule has 0 bridgehead atoms. The van der Waals surface area contributed by atoms with Crippen molar-refractivity contribution < 1.29 is 14.3 Å². The van der Waals surface area contributed by atoms with Gasteiger partial charge in [-0.25, -0.2) is 0 Å². The minimum absolute atomic E-state index is 0. The Morgan fingerprint density at radius 2 is 2.08 bits per heavy atom. The summed E-state index contributed by atoms with van der Waals surface area (Å²) in [4.78, 5) is 12.6. The molecule has 5 nitrogen and oxygen atoms in total. The number of rotatable bonds is 8. The molecule has 1 fully saturated rings. The fraction of sp³-hybridized carbons (Fsp3) is 0.526. The van der Waals surface area contributed by atoms with Crippen molar-refractivity contribution in [2.45, 2.75) is 38.1 Å². The Balaban J connectivity index is 0.00000312. The molecule has 1 atom stereocenters. The van der Waals surface area contributed by atoms with E-state index in [1.807, 2.05) is 0 Å². The van der Waals surface area contributed by atoms with E-state index in [9.17, 15) is 4.79 Å². The molecule has 3 N–H and O–H groups in total. The predicted octanol–water partition coefficient (Wildman–Crippen LogP) is 3.32. The summed E-state index contributed by atoms with van der Waals surface area (Å²) in [5, 5.41) is 3.09. The normalized spacial score (nSPS) is 15.6. The zero-order valence-electron chi connectivity index (χ0n) is 14.8. The molecule has 1 unspecified atom stereocenters. The number of amides is 1. The number of methoxy groups -OCH3 is 1. The Kier molecular flexibility index (Phi) is 9.39. The maximum absolute atomic E-state index is 12.6. The van der Waals surface area contributed by atoms with Gasteiger partial charge < -0.3 is 20.5 Å². The molecule has 0 aromatic heterocycles. The molecule has 2 rings (SSSR count). The number of carbonyl (C=O) groups excluding carboxylic acids is 1. The molecule has 1 amide bonds. The van der Waals surface area contributed by atoms with Crippen LogP contribution in [0, 0.1) is 5.92 Å². The summed E-state index contributed by atoms with van der Waals surface area (Å²) in [6.45, 7) is 4.48. The molecule has 1 aromatic rings. The zero-order valence-corrected chi connectivity index (χ0v) is 15.6. The van der Waals surface area contributed by atoms with Gasteiger partial charge in [0.2, 0.25) is 0 Å². The van der Waals surface area contributed by atoms with E-state index in [2.05, 4.69) is 11.9 Å². The van der Waals surface area contributed by atoms with Crippen LogP contribution in [0.15, 0.2) is 30.9 Å². The van der Waals surface area contributed by atoms with Crippen LogP contribution in [0.4, 0.5) is 0 Å². The first-order chi connectivity index (χ1) is 11.7. The highest BCUT2D eigenvalue weighted by atomic mass is 35.5. The van der Waals surface area contributed by atoms with Crippen LogP contribution < -0.4 is 20.5 Å². The lowest BCUT2D eigenvalue weighted by Gasteiger charge is -2.30. The second-order valence-corrected chi connectivity index (χ2v) is 6.18. The van der Waals surface area contributed by atoms with Crippen LogP contribution in [0.5, 0.6) is 11.5 Å². The van der Waals surface area contributed by atoms with Crippen molar-refractivity contribution in [1.82, 2.24) is 5.32 Å². The Hall–Kier alpha value is -1.72.